The van der Waals surface area contributed by atoms with E-state index < -0.39 is 37.3 Å². The second kappa shape index (κ2) is 21.6. The summed E-state index contributed by atoms with van der Waals surface area (Å²) >= 11 is 0. The Kier molecular flexibility index (Phi) is 16.7. The van der Waals surface area contributed by atoms with Gasteiger partial charge < -0.3 is 55.3 Å². The first-order valence-electron chi connectivity index (χ1n) is 17.0. The Morgan fingerprint density at radius 3 is 2.11 bits per heavy atom. The minimum Gasteiger partial charge on any atom is -0.394 e. The van der Waals surface area contributed by atoms with Crippen molar-refractivity contribution in [3.05, 3.63) is 83.7 Å². The zero-order valence-corrected chi connectivity index (χ0v) is 29.0. The van der Waals surface area contributed by atoms with Gasteiger partial charge in [0.05, 0.1) is 57.6 Å². The normalized spacial score (nSPS) is 20.2. The topological polar surface area (TPSA) is 231 Å². The van der Waals surface area contributed by atoms with Gasteiger partial charge in [0.1, 0.15) is 24.4 Å². The molecule has 7 N–H and O–H groups in total. The van der Waals surface area contributed by atoms with E-state index in [1.54, 1.807) is 24.3 Å². The van der Waals surface area contributed by atoms with Crippen molar-refractivity contribution in [3.63, 3.8) is 0 Å². The number of hydrogen-bond acceptors (Lipinski definition) is 13. The van der Waals surface area contributed by atoms with Crippen molar-refractivity contribution >= 4 is 17.7 Å². The van der Waals surface area contributed by atoms with Crippen LogP contribution in [0.2, 0.25) is 0 Å². The molecule has 6 atom stereocenters. The van der Waals surface area contributed by atoms with Crippen LogP contribution in [0.4, 0.5) is 0 Å². The maximum Gasteiger partial charge on any atom is 0.252 e. The molecule has 1 saturated heterocycles. The third-order valence-corrected chi connectivity index (χ3v) is 8.16. The molecule has 3 heterocycles. The SMILES string of the molecule is C#CCNC(=O)c1ccnc(-c2cc(C(=O)NCCOCCOCCC(=O)NCC(CO[C@@H]3O[C@H](CO)[C@@H](O)[C@H](O)[C@H]3O)c3ccccc3)ccn2)c1. The molecule has 0 radical (unpaired) electrons. The zero-order valence-electron chi connectivity index (χ0n) is 29.0. The molecule has 1 aliphatic rings. The molecule has 1 fully saturated rings. The van der Waals surface area contributed by atoms with Crippen LogP contribution in [0.1, 0.15) is 38.6 Å². The number of pyridine rings is 2. The van der Waals surface area contributed by atoms with E-state index in [4.69, 9.17) is 25.4 Å². The smallest absolute Gasteiger partial charge is 0.252 e. The molecule has 0 bridgehead atoms. The molecule has 4 rings (SSSR count). The number of ether oxygens (including phenoxy) is 4. The molecule has 284 valence electrons. The first-order chi connectivity index (χ1) is 25.7. The highest BCUT2D eigenvalue weighted by atomic mass is 16.7. The van der Waals surface area contributed by atoms with Gasteiger partial charge in [-0.15, -0.1) is 6.42 Å². The molecule has 1 unspecified atom stereocenters. The van der Waals surface area contributed by atoms with Gasteiger partial charge in [0.2, 0.25) is 5.91 Å². The Balaban J connectivity index is 1.10. The Morgan fingerprint density at radius 1 is 0.830 bits per heavy atom. The number of benzene rings is 1. The number of aliphatic hydroxyl groups is 4. The minimum absolute atomic E-state index is 0.00667. The summed E-state index contributed by atoms with van der Waals surface area (Å²) in [5.41, 5.74) is 2.42. The van der Waals surface area contributed by atoms with E-state index in [-0.39, 0.29) is 82.7 Å². The summed E-state index contributed by atoms with van der Waals surface area (Å²) in [7, 11) is 0. The van der Waals surface area contributed by atoms with Crippen LogP contribution in [-0.2, 0) is 23.7 Å². The third-order valence-electron chi connectivity index (χ3n) is 8.16. The lowest BCUT2D eigenvalue weighted by atomic mass is 9.98. The molecule has 2 aromatic heterocycles. The van der Waals surface area contributed by atoms with Crippen LogP contribution >= 0.6 is 0 Å². The van der Waals surface area contributed by atoms with Crippen LogP contribution in [0.15, 0.2) is 67.0 Å². The van der Waals surface area contributed by atoms with Crippen molar-refractivity contribution in [1.29, 1.82) is 0 Å². The molecule has 0 saturated carbocycles. The highest BCUT2D eigenvalue weighted by molar-refractivity contribution is 5.96. The number of nitrogens with zero attached hydrogens (tertiary/aromatic N) is 2. The zero-order chi connectivity index (χ0) is 38.0. The van der Waals surface area contributed by atoms with E-state index in [9.17, 15) is 34.8 Å². The first kappa shape index (κ1) is 40.9. The van der Waals surface area contributed by atoms with Gasteiger partial charge in [0, 0.05) is 48.9 Å². The van der Waals surface area contributed by atoms with Crippen LogP contribution < -0.4 is 16.0 Å². The molecule has 16 nitrogen and oxygen atoms in total. The monoisotopic (exact) mass is 735 g/mol. The van der Waals surface area contributed by atoms with Crippen molar-refractivity contribution in [2.45, 2.75) is 43.0 Å². The summed E-state index contributed by atoms with van der Waals surface area (Å²) in [6, 6.07) is 15.5. The molecule has 1 aliphatic heterocycles. The van der Waals surface area contributed by atoms with E-state index in [1.165, 1.54) is 12.4 Å². The van der Waals surface area contributed by atoms with Gasteiger partial charge in [0.25, 0.3) is 11.8 Å². The second-order valence-electron chi connectivity index (χ2n) is 11.9. The highest BCUT2D eigenvalue weighted by Gasteiger charge is 2.44. The lowest BCUT2D eigenvalue weighted by Gasteiger charge is -2.40. The van der Waals surface area contributed by atoms with Gasteiger partial charge in [-0.1, -0.05) is 36.3 Å². The van der Waals surface area contributed by atoms with Gasteiger partial charge in [-0.05, 0) is 29.8 Å². The number of amides is 3. The van der Waals surface area contributed by atoms with E-state index in [0.29, 0.717) is 22.5 Å². The Hall–Kier alpha value is -4.83. The van der Waals surface area contributed by atoms with Crippen molar-refractivity contribution in [1.82, 2.24) is 25.9 Å². The maximum absolute atomic E-state index is 12.7. The number of nitrogens with one attached hydrogen (secondary N) is 3. The number of carbonyl (C=O) groups excluding carboxylic acids is 3. The number of aliphatic hydroxyl groups excluding tert-OH is 4. The fourth-order valence-corrected chi connectivity index (χ4v) is 5.22. The summed E-state index contributed by atoms with van der Waals surface area (Å²) < 4.78 is 22.2. The summed E-state index contributed by atoms with van der Waals surface area (Å²) in [6.45, 7) is 0.846. The van der Waals surface area contributed by atoms with Crippen molar-refractivity contribution in [3.8, 4) is 23.7 Å². The largest absolute Gasteiger partial charge is 0.394 e. The van der Waals surface area contributed by atoms with Gasteiger partial charge in [0.15, 0.2) is 6.29 Å². The maximum atomic E-state index is 12.7. The summed E-state index contributed by atoms with van der Waals surface area (Å²) in [4.78, 5) is 46.0. The summed E-state index contributed by atoms with van der Waals surface area (Å²) in [6.07, 6.45) is 1.29. The average Bonchev–Trinajstić information content (AvgIpc) is 3.19. The lowest BCUT2D eigenvalue weighted by Crippen LogP contribution is -2.59. The molecule has 3 amide bonds. The van der Waals surface area contributed by atoms with E-state index in [1.807, 2.05) is 30.3 Å². The van der Waals surface area contributed by atoms with Crippen LogP contribution in [-0.4, -0.2) is 138 Å². The van der Waals surface area contributed by atoms with Crippen LogP contribution in [0, 0.1) is 12.3 Å². The fourth-order valence-electron chi connectivity index (χ4n) is 5.22. The Labute approximate surface area is 306 Å². The van der Waals surface area contributed by atoms with Crippen molar-refractivity contribution in [2.24, 2.45) is 0 Å². The van der Waals surface area contributed by atoms with E-state index in [2.05, 4.69) is 31.8 Å². The molecular weight excluding hydrogens is 690 g/mol. The number of carbonyl (C=O) groups is 3. The van der Waals surface area contributed by atoms with Crippen LogP contribution in [0.5, 0.6) is 0 Å². The van der Waals surface area contributed by atoms with Gasteiger partial charge >= 0.3 is 0 Å². The predicted molar refractivity (Wildman–Crippen MR) is 189 cm³/mol. The Bertz CT molecular complexity index is 1660. The van der Waals surface area contributed by atoms with Gasteiger partial charge in [-0.3, -0.25) is 24.4 Å². The highest BCUT2D eigenvalue weighted by Crippen LogP contribution is 2.24. The van der Waals surface area contributed by atoms with Crippen molar-refractivity contribution in [2.75, 3.05) is 59.3 Å². The molecule has 1 aromatic carbocycles. The summed E-state index contributed by atoms with van der Waals surface area (Å²) in [5, 5.41) is 48.0. The molecule has 53 heavy (non-hydrogen) atoms. The summed E-state index contributed by atoms with van der Waals surface area (Å²) in [5.74, 6) is 1.07. The quantitative estimate of drug-likeness (QED) is 0.0567. The van der Waals surface area contributed by atoms with E-state index >= 15 is 0 Å². The van der Waals surface area contributed by atoms with Gasteiger partial charge in [-0.2, -0.15) is 0 Å². The standard InChI is InChI=1S/C37H45N5O11/c1-2-11-40-35(48)25-8-12-38-28(19-25)29-20-26(9-13-39-29)36(49)41-14-16-51-18-17-50-15-10-31(44)42-21-27(24-6-4-3-5-7-24)23-52-37-34(47)33(46)32(45)30(22-43)53-37/h1,3-9,12-13,19-20,27,30,32-34,37,43,45-47H,10-11,14-18,21-23H2,(H,40,48)(H,41,49)(H,42,44)/t27?,30-,32-,33+,34-,37-/m1/s1. The molecular formula is C37H45N5O11. The molecule has 0 aliphatic carbocycles. The van der Waals surface area contributed by atoms with Crippen LogP contribution in [0.25, 0.3) is 11.4 Å². The predicted octanol–water partition coefficient (Wildman–Crippen LogP) is -0.624. The number of terminal acetylenes is 1. The number of rotatable bonds is 20. The first-order valence-corrected chi connectivity index (χ1v) is 17.0. The van der Waals surface area contributed by atoms with Gasteiger partial charge in [-0.25, -0.2) is 0 Å². The Morgan fingerprint density at radius 2 is 1.47 bits per heavy atom. The lowest BCUT2D eigenvalue weighted by molar-refractivity contribution is -0.301. The molecule has 3 aromatic rings. The molecule has 16 heteroatoms. The third kappa shape index (κ3) is 12.7. The van der Waals surface area contributed by atoms with E-state index in [0.717, 1.165) is 5.56 Å². The molecule has 0 spiro atoms. The van der Waals surface area contributed by atoms with Crippen LogP contribution in [0.3, 0.4) is 0 Å². The number of hydrogen-bond donors (Lipinski definition) is 7. The van der Waals surface area contributed by atoms with Crippen molar-refractivity contribution < 1.29 is 53.8 Å². The number of aromatic nitrogens is 2. The fraction of sp³-hybridized carbons (Fsp3) is 0.432. The second-order valence-corrected chi connectivity index (χ2v) is 11.9. The minimum atomic E-state index is -1.56. The average molecular weight is 736 g/mol.